The van der Waals surface area contributed by atoms with E-state index in [-0.39, 0.29) is 4.90 Å². The number of esters is 1. The third-order valence-corrected chi connectivity index (χ3v) is 7.67. The molecule has 30 heavy (non-hydrogen) atoms. The molecule has 0 amide bonds. The first-order chi connectivity index (χ1) is 14.0. The fourth-order valence-corrected chi connectivity index (χ4v) is 6.17. The lowest BCUT2D eigenvalue weighted by molar-refractivity contribution is -0.158. The zero-order chi connectivity index (χ0) is 22.1. The quantitative estimate of drug-likeness (QED) is 0.502. The van der Waals surface area contributed by atoms with E-state index < -0.39 is 27.6 Å². The molecule has 2 aliphatic rings. The van der Waals surface area contributed by atoms with E-state index in [4.69, 9.17) is 4.74 Å². The van der Waals surface area contributed by atoms with Gasteiger partial charge in [-0.25, -0.2) is 8.42 Å². The second-order valence-electron chi connectivity index (χ2n) is 9.40. The highest BCUT2D eigenvalue weighted by Gasteiger charge is 2.42. The molecule has 0 spiro atoms. The summed E-state index contributed by atoms with van der Waals surface area (Å²) >= 11 is 0. The Morgan fingerprint density at radius 3 is 2.67 bits per heavy atom. The minimum Gasteiger partial charge on any atom is -0.459 e. The van der Waals surface area contributed by atoms with Gasteiger partial charge in [0.25, 0.3) is 0 Å². The first kappa shape index (κ1) is 22.8. The van der Waals surface area contributed by atoms with Gasteiger partial charge in [0.2, 0.25) is 10.0 Å². The molecule has 0 aliphatic carbocycles. The Kier molecular flexibility index (Phi) is 6.63. The lowest BCUT2D eigenvalue weighted by atomic mass is 10.1. The van der Waals surface area contributed by atoms with Crippen molar-refractivity contribution in [3.8, 4) is 0 Å². The maximum absolute atomic E-state index is 13.7. The zero-order valence-corrected chi connectivity index (χ0v) is 19.4. The summed E-state index contributed by atoms with van der Waals surface area (Å²) < 4.78 is 34.2. The number of allylic oxidation sites excluding steroid dienone is 1. The van der Waals surface area contributed by atoms with Crippen molar-refractivity contribution in [2.75, 3.05) is 24.5 Å². The largest absolute Gasteiger partial charge is 0.459 e. The molecule has 0 N–H and O–H groups in total. The molecule has 1 aromatic rings. The molecule has 166 valence electrons. The summed E-state index contributed by atoms with van der Waals surface area (Å²) in [7, 11) is -3.83. The number of hydrogen-bond acceptors (Lipinski definition) is 5. The summed E-state index contributed by atoms with van der Waals surface area (Å²) in [4.78, 5) is 15.2. The molecule has 7 heteroatoms. The number of hydrogen-bond donors (Lipinski definition) is 0. The predicted molar refractivity (Wildman–Crippen MR) is 119 cm³/mol. The highest BCUT2D eigenvalue weighted by Crippen LogP contribution is 2.36. The molecule has 2 aliphatic heterocycles. The maximum Gasteiger partial charge on any atom is 0.324 e. The highest BCUT2D eigenvalue weighted by molar-refractivity contribution is 7.89. The molecule has 3 rings (SSSR count). The minimum atomic E-state index is -3.83. The van der Waals surface area contributed by atoms with Gasteiger partial charge in [-0.05, 0) is 77.0 Å². The number of aryl methyl sites for hydroxylation is 1. The number of anilines is 1. The molecule has 2 saturated heterocycles. The van der Waals surface area contributed by atoms with Crippen molar-refractivity contribution in [2.45, 2.75) is 69.9 Å². The molecule has 6 nitrogen and oxygen atoms in total. The Labute approximate surface area is 180 Å². The van der Waals surface area contributed by atoms with Crippen LogP contribution in [0.5, 0.6) is 0 Å². The van der Waals surface area contributed by atoms with E-state index in [1.165, 1.54) is 4.31 Å². The number of benzene rings is 1. The van der Waals surface area contributed by atoms with Gasteiger partial charge in [-0.3, -0.25) is 4.79 Å². The number of nitrogens with zero attached hydrogens (tertiary/aromatic N) is 2. The van der Waals surface area contributed by atoms with Gasteiger partial charge in [0, 0.05) is 19.6 Å². The van der Waals surface area contributed by atoms with Crippen LogP contribution in [0, 0.1) is 12.8 Å². The van der Waals surface area contributed by atoms with Crippen molar-refractivity contribution >= 4 is 21.7 Å². The Balaban J connectivity index is 1.92. The lowest BCUT2D eigenvalue weighted by Gasteiger charge is -2.29. The van der Waals surface area contributed by atoms with E-state index in [0.717, 1.165) is 37.2 Å². The van der Waals surface area contributed by atoms with Gasteiger partial charge in [-0.1, -0.05) is 12.1 Å². The fraction of sp³-hybridized carbons (Fsp3) is 0.609. The van der Waals surface area contributed by atoms with Crippen LogP contribution < -0.4 is 4.90 Å². The van der Waals surface area contributed by atoms with E-state index in [0.29, 0.717) is 25.3 Å². The van der Waals surface area contributed by atoms with Crippen LogP contribution in [0.2, 0.25) is 0 Å². The van der Waals surface area contributed by atoms with Crippen molar-refractivity contribution in [3.63, 3.8) is 0 Å². The van der Waals surface area contributed by atoms with Crippen LogP contribution in [0.1, 0.15) is 52.0 Å². The van der Waals surface area contributed by atoms with Gasteiger partial charge in [-0.2, -0.15) is 4.31 Å². The lowest BCUT2D eigenvalue weighted by Crippen LogP contribution is -2.43. The van der Waals surface area contributed by atoms with Crippen molar-refractivity contribution in [1.82, 2.24) is 4.31 Å². The smallest absolute Gasteiger partial charge is 0.324 e. The SMILES string of the molecule is C=CCC1CCN(c2cc(C)ccc2S(=O)(=O)N2CCC[C@H]2C(=O)OC(C)(C)C)C1. The predicted octanol–water partition coefficient (Wildman–Crippen LogP) is 3.89. The van der Waals surface area contributed by atoms with E-state index in [1.807, 2.05) is 25.1 Å². The molecule has 2 atom stereocenters. The second-order valence-corrected chi connectivity index (χ2v) is 11.3. The molecule has 1 aromatic carbocycles. The molecule has 0 aromatic heterocycles. The summed E-state index contributed by atoms with van der Waals surface area (Å²) in [5, 5.41) is 0. The van der Waals surface area contributed by atoms with Crippen LogP contribution in [0.3, 0.4) is 0 Å². The maximum atomic E-state index is 13.7. The molecular weight excluding hydrogens is 400 g/mol. The van der Waals surface area contributed by atoms with E-state index in [1.54, 1.807) is 26.8 Å². The van der Waals surface area contributed by atoms with Crippen LogP contribution in [-0.2, 0) is 19.6 Å². The van der Waals surface area contributed by atoms with Crippen molar-refractivity contribution in [2.24, 2.45) is 5.92 Å². The molecule has 0 radical (unpaired) electrons. The number of rotatable bonds is 6. The first-order valence-corrected chi connectivity index (χ1v) is 12.2. The Morgan fingerprint density at radius 2 is 2.00 bits per heavy atom. The average molecular weight is 435 g/mol. The van der Waals surface area contributed by atoms with Gasteiger partial charge >= 0.3 is 5.97 Å². The van der Waals surface area contributed by atoms with E-state index >= 15 is 0 Å². The molecule has 2 heterocycles. The van der Waals surface area contributed by atoms with Gasteiger partial charge in [0.05, 0.1) is 5.69 Å². The van der Waals surface area contributed by atoms with Crippen molar-refractivity contribution < 1.29 is 17.9 Å². The Hall–Kier alpha value is -1.86. The van der Waals surface area contributed by atoms with Gasteiger partial charge in [0.1, 0.15) is 16.5 Å². The summed E-state index contributed by atoms with van der Waals surface area (Å²) in [5.41, 5.74) is 1.09. The molecule has 1 unspecified atom stereocenters. The normalized spacial score (nSPS) is 23.0. The van der Waals surface area contributed by atoms with Crippen LogP contribution >= 0.6 is 0 Å². The van der Waals surface area contributed by atoms with Crippen LogP contribution in [0.15, 0.2) is 35.7 Å². The van der Waals surface area contributed by atoms with Crippen LogP contribution in [0.25, 0.3) is 0 Å². The van der Waals surface area contributed by atoms with Crippen molar-refractivity contribution in [3.05, 3.63) is 36.4 Å². The fourth-order valence-electron chi connectivity index (χ4n) is 4.33. The number of ether oxygens (including phenoxy) is 1. The summed E-state index contributed by atoms with van der Waals surface area (Å²) in [6, 6.07) is 4.69. The molecule has 0 bridgehead atoms. The third kappa shape index (κ3) is 4.89. The topological polar surface area (TPSA) is 66.9 Å². The summed E-state index contributed by atoms with van der Waals surface area (Å²) in [6.45, 7) is 13.1. The first-order valence-electron chi connectivity index (χ1n) is 10.7. The molecule has 2 fully saturated rings. The standard InChI is InChI=1S/C23H34N2O4S/c1-6-8-18-12-14-24(16-18)20-15-17(2)10-11-21(20)30(27,28)25-13-7-9-19(25)22(26)29-23(3,4)5/h6,10-11,15,18-19H,1,7-9,12-14,16H2,2-5H3/t18?,19-/m0/s1. The third-order valence-electron chi connectivity index (χ3n) is 5.71. The number of carbonyl (C=O) groups excluding carboxylic acids is 1. The summed E-state index contributed by atoms with van der Waals surface area (Å²) in [6.07, 6.45) is 5.01. The summed E-state index contributed by atoms with van der Waals surface area (Å²) in [5.74, 6) is 0.0179. The van der Waals surface area contributed by atoms with E-state index in [2.05, 4.69) is 11.5 Å². The number of carbonyl (C=O) groups is 1. The van der Waals surface area contributed by atoms with Gasteiger partial charge in [-0.15, -0.1) is 6.58 Å². The minimum absolute atomic E-state index is 0.280. The van der Waals surface area contributed by atoms with E-state index in [9.17, 15) is 13.2 Å². The molecular formula is C23H34N2O4S. The molecule has 0 saturated carbocycles. The van der Waals surface area contributed by atoms with Crippen molar-refractivity contribution in [1.29, 1.82) is 0 Å². The van der Waals surface area contributed by atoms with Crippen LogP contribution in [-0.4, -0.2) is 50.0 Å². The zero-order valence-electron chi connectivity index (χ0n) is 18.6. The Bertz CT molecular complexity index is 904. The monoisotopic (exact) mass is 434 g/mol. The van der Waals surface area contributed by atoms with Gasteiger partial charge < -0.3 is 9.64 Å². The van der Waals surface area contributed by atoms with Gasteiger partial charge in [0.15, 0.2) is 0 Å². The second kappa shape index (κ2) is 8.71. The van der Waals surface area contributed by atoms with Crippen LogP contribution in [0.4, 0.5) is 5.69 Å². The highest BCUT2D eigenvalue weighted by atomic mass is 32.2. The average Bonchev–Trinajstić information content (AvgIpc) is 3.30. The number of sulfonamides is 1. The Morgan fingerprint density at radius 1 is 1.27 bits per heavy atom.